The van der Waals surface area contributed by atoms with E-state index in [1.165, 1.54) is 88.6 Å². The number of rotatable bonds is 22. The van der Waals surface area contributed by atoms with Crippen molar-refractivity contribution in [1.29, 1.82) is 0 Å². The van der Waals surface area contributed by atoms with Gasteiger partial charge in [0, 0.05) is 16.1 Å². The fourth-order valence-electron chi connectivity index (χ4n) is 2.55. The molecule has 156 valence electrons. The second kappa shape index (κ2) is 23.8. The van der Waals surface area contributed by atoms with Crippen molar-refractivity contribution in [3.63, 3.8) is 0 Å². The SMILES string of the molecule is CCCCCCCCSCCO[P+](=O)OCCSCCCCCCCC. The lowest BCUT2D eigenvalue weighted by atomic mass is 10.1. The summed E-state index contributed by atoms with van der Waals surface area (Å²) >= 11 is 3.78. The predicted molar refractivity (Wildman–Crippen MR) is 121 cm³/mol. The lowest BCUT2D eigenvalue weighted by Gasteiger charge is -2.01. The van der Waals surface area contributed by atoms with Crippen LogP contribution in [0.1, 0.15) is 90.9 Å². The molecule has 26 heavy (non-hydrogen) atoms. The molecule has 0 aliphatic rings. The molecule has 0 aromatic carbocycles. The molecule has 0 N–H and O–H groups in total. The van der Waals surface area contributed by atoms with E-state index in [0.29, 0.717) is 13.2 Å². The first kappa shape index (κ1) is 26.7. The van der Waals surface area contributed by atoms with Crippen LogP contribution in [0, 0.1) is 0 Å². The van der Waals surface area contributed by atoms with Gasteiger partial charge in [0.15, 0.2) is 0 Å². The first-order chi connectivity index (χ1) is 12.8. The quantitative estimate of drug-likeness (QED) is 0.130. The van der Waals surface area contributed by atoms with Crippen LogP contribution >= 0.6 is 31.8 Å². The first-order valence-corrected chi connectivity index (χ1v) is 14.1. The zero-order chi connectivity index (χ0) is 19.1. The topological polar surface area (TPSA) is 35.5 Å². The van der Waals surface area contributed by atoms with Crippen molar-refractivity contribution in [2.75, 3.05) is 36.2 Å². The van der Waals surface area contributed by atoms with Gasteiger partial charge in [-0.15, -0.1) is 9.05 Å². The van der Waals surface area contributed by atoms with Crippen molar-refractivity contribution >= 4 is 31.8 Å². The van der Waals surface area contributed by atoms with E-state index in [-0.39, 0.29) is 0 Å². The summed E-state index contributed by atoms with van der Waals surface area (Å²) in [6.45, 7) is 5.56. The minimum atomic E-state index is -1.93. The third-order valence-corrected chi connectivity index (χ3v) is 6.99. The molecule has 3 nitrogen and oxygen atoms in total. The largest absolute Gasteiger partial charge is 0.697 e. The van der Waals surface area contributed by atoms with E-state index in [4.69, 9.17) is 9.05 Å². The van der Waals surface area contributed by atoms with Crippen molar-refractivity contribution < 1.29 is 13.6 Å². The third-order valence-electron chi connectivity index (χ3n) is 4.13. The van der Waals surface area contributed by atoms with Crippen LogP contribution in [0.25, 0.3) is 0 Å². The summed E-state index contributed by atoms with van der Waals surface area (Å²) in [5.41, 5.74) is 0. The van der Waals surface area contributed by atoms with E-state index in [9.17, 15) is 4.57 Å². The van der Waals surface area contributed by atoms with Gasteiger partial charge < -0.3 is 0 Å². The fourth-order valence-corrected chi connectivity index (χ4v) is 4.98. The molecule has 6 heteroatoms. The van der Waals surface area contributed by atoms with Crippen LogP contribution in [0.5, 0.6) is 0 Å². The van der Waals surface area contributed by atoms with Gasteiger partial charge in [-0.3, -0.25) is 0 Å². The van der Waals surface area contributed by atoms with Gasteiger partial charge in [-0.05, 0) is 24.3 Å². The Kier molecular flexibility index (Phi) is 24.4. The smallest absolute Gasteiger partial charge is 0.159 e. The van der Waals surface area contributed by atoms with Gasteiger partial charge in [-0.2, -0.15) is 23.5 Å². The molecule has 0 aliphatic carbocycles. The summed E-state index contributed by atoms with van der Waals surface area (Å²) < 4.78 is 22.1. The Balaban J connectivity index is 3.13. The highest BCUT2D eigenvalue weighted by Crippen LogP contribution is 2.24. The van der Waals surface area contributed by atoms with Crippen LogP contribution in [-0.4, -0.2) is 36.2 Å². The van der Waals surface area contributed by atoms with Gasteiger partial charge in [0.05, 0.1) is 0 Å². The van der Waals surface area contributed by atoms with E-state index in [2.05, 4.69) is 13.8 Å². The predicted octanol–water partition coefficient (Wildman–Crippen LogP) is 7.86. The molecule has 0 aromatic heterocycles. The molecular formula is C20H42O3PS2+. The van der Waals surface area contributed by atoms with Crippen LogP contribution in [0.15, 0.2) is 0 Å². The molecule has 0 aromatic rings. The molecule has 0 atom stereocenters. The molecule has 0 spiro atoms. The summed E-state index contributed by atoms with van der Waals surface area (Å²) in [7, 11) is -1.93. The Morgan fingerprint density at radius 1 is 0.577 bits per heavy atom. The molecule has 0 saturated heterocycles. The van der Waals surface area contributed by atoms with E-state index < -0.39 is 8.25 Å². The monoisotopic (exact) mass is 425 g/mol. The summed E-state index contributed by atoms with van der Waals surface area (Å²) in [4.78, 5) is 0. The maximum Gasteiger partial charge on any atom is 0.697 e. The van der Waals surface area contributed by atoms with Crippen molar-refractivity contribution in [1.82, 2.24) is 0 Å². The van der Waals surface area contributed by atoms with Crippen LogP contribution in [0.2, 0.25) is 0 Å². The summed E-state index contributed by atoms with van der Waals surface area (Å²) in [5, 5.41) is 0. The molecular weight excluding hydrogens is 383 g/mol. The number of thioether (sulfide) groups is 2. The van der Waals surface area contributed by atoms with Crippen molar-refractivity contribution in [2.45, 2.75) is 90.9 Å². The molecule has 0 saturated carbocycles. The van der Waals surface area contributed by atoms with Gasteiger partial charge in [0.25, 0.3) is 0 Å². The Morgan fingerprint density at radius 2 is 0.962 bits per heavy atom. The van der Waals surface area contributed by atoms with Gasteiger partial charge in [0.2, 0.25) is 0 Å². The Morgan fingerprint density at radius 3 is 1.38 bits per heavy atom. The molecule has 0 bridgehead atoms. The Labute approximate surface area is 172 Å². The average Bonchev–Trinajstić information content (AvgIpc) is 2.64. The van der Waals surface area contributed by atoms with Crippen molar-refractivity contribution in [3.05, 3.63) is 0 Å². The third kappa shape index (κ3) is 22.8. The standard InChI is InChI=1S/C20H42O3PS2/c1-3-5-7-9-11-13-17-25-19-15-22-24(21)23-16-20-26-18-14-12-10-8-6-4-2/h3-20H2,1-2H3/q+1. The Hall–Kier alpha value is 0.720. The highest BCUT2D eigenvalue weighted by atomic mass is 32.2. The van der Waals surface area contributed by atoms with Gasteiger partial charge in [-0.1, -0.05) is 78.1 Å². The van der Waals surface area contributed by atoms with E-state index >= 15 is 0 Å². The molecule has 0 heterocycles. The van der Waals surface area contributed by atoms with Crippen molar-refractivity contribution in [3.8, 4) is 0 Å². The maximum absolute atomic E-state index is 11.6. The maximum atomic E-state index is 11.6. The minimum Gasteiger partial charge on any atom is -0.159 e. The summed E-state index contributed by atoms with van der Waals surface area (Å²) in [6.07, 6.45) is 16.1. The van der Waals surface area contributed by atoms with Gasteiger partial charge >= 0.3 is 8.25 Å². The van der Waals surface area contributed by atoms with Gasteiger partial charge in [0.1, 0.15) is 13.2 Å². The summed E-state index contributed by atoms with van der Waals surface area (Å²) in [5.74, 6) is 4.18. The molecule has 0 radical (unpaired) electrons. The highest BCUT2D eigenvalue weighted by molar-refractivity contribution is 7.99. The minimum absolute atomic E-state index is 0.528. The number of unbranched alkanes of at least 4 members (excludes halogenated alkanes) is 10. The zero-order valence-corrected chi connectivity index (χ0v) is 19.7. The Bertz CT molecular complexity index is 268. The van der Waals surface area contributed by atoms with E-state index in [1.807, 2.05) is 23.5 Å². The zero-order valence-electron chi connectivity index (χ0n) is 17.2. The van der Waals surface area contributed by atoms with Crippen molar-refractivity contribution in [2.24, 2.45) is 0 Å². The molecule has 0 rings (SSSR count). The summed E-state index contributed by atoms with van der Waals surface area (Å²) in [6, 6.07) is 0. The fraction of sp³-hybridized carbons (Fsp3) is 1.00. The molecule has 0 amide bonds. The average molecular weight is 426 g/mol. The van der Waals surface area contributed by atoms with Crippen LogP contribution < -0.4 is 0 Å². The normalized spacial score (nSPS) is 11.2. The second-order valence-electron chi connectivity index (χ2n) is 6.65. The van der Waals surface area contributed by atoms with Crippen LogP contribution in [0.3, 0.4) is 0 Å². The number of hydrogen-bond donors (Lipinski definition) is 0. The van der Waals surface area contributed by atoms with Crippen LogP contribution in [0.4, 0.5) is 0 Å². The second-order valence-corrected chi connectivity index (χ2v) is 10.1. The molecule has 0 fully saturated rings. The van der Waals surface area contributed by atoms with E-state index in [1.54, 1.807) is 0 Å². The lowest BCUT2D eigenvalue weighted by molar-refractivity contribution is 0.246. The number of hydrogen-bond acceptors (Lipinski definition) is 5. The van der Waals surface area contributed by atoms with Gasteiger partial charge in [-0.25, -0.2) is 0 Å². The first-order valence-electron chi connectivity index (χ1n) is 10.7. The molecule has 0 unspecified atom stereocenters. The highest BCUT2D eigenvalue weighted by Gasteiger charge is 2.19. The van der Waals surface area contributed by atoms with E-state index in [0.717, 1.165) is 11.5 Å². The van der Waals surface area contributed by atoms with Crippen LogP contribution in [-0.2, 0) is 13.6 Å². The lowest BCUT2D eigenvalue weighted by Crippen LogP contribution is -1.96. The molecule has 0 aliphatic heterocycles.